The first kappa shape index (κ1) is 44.9. The highest BCUT2D eigenvalue weighted by Crippen LogP contribution is 2.40. The third kappa shape index (κ3) is 11.3. The van der Waals surface area contributed by atoms with E-state index in [0.29, 0.717) is 0 Å². The number of nitrogens with one attached hydrogen (secondary N) is 2. The van der Waals surface area contributed by atoms with Gasteiger partial charge in [0.1, 0.15) is 0 Å². The summed E-state index contributed by atoms with van der Waals surface area (Å²) >= 11 is 0. The van der Waals surface area contributed by atoms with Crippen molar-refractivity contribution in [3.8, 4) is 0 Å². The van der Waals surface area contributed by atoms with Gasteiger partial charge in [0, 0.05) is 56.9 Å². The summed E-state index contributed by atoms with van der Waals surface area (Å²) in [5.74, 6) is 0. The predicted octanol–water partition coefficient (Wildman–Crippen LogP) is 18.7. The molecule has 2 aliphatic rings. The number of nitrogens with zero attached hydrogens (tertiary/aromatic N) is 2. The molecule has 0 saturated heterocycles. The monoisotopic (exact) mass is 904 g/mol. The highest BCUT2D eigenvalue weighted by Gasteiger charge is 2.17. The third-order valence-electron chi connectivity index (χ3n) is 12.5. The molecule has 0 aliphatic heterocycles. The van der Waals surface area contributed by atoms with Crippen molar-refractivity contribution in [3.63, 3.8) is 0 Å². The summed E-state index contributed by atoms with van der Waals surface area (Å²) in [6, 6.07) is 87.6. The van der Waals surface area contributed by atoms with Crippen LogP contribution in [0.2, 0.25) is 0 Å². The minimum Gasteiger partial charge on any atom is -0.356 e. The predicted molar refractivity (Wildman–Crippen MR) is 301 cm³/mol. The molecule has 0 unspecified atom stereocenters. The standard InChI is InChI=1S/C50H42N4.C10H8.C6H6/c1-3-15-41(16-4-1)51-42-22-27-46(28-23-42)53(47-29-24-43(25-30-47)52-44-21-19-37-11-7-9-13-39(37)35-44)48-31-33-49(34-32-48)54(45-17-5-2-6-18-45)50-26-20-38-12-8-10-14-40(38)36-50;1-2-6-10-8-4-3-7-9(10)5-1;1-2-4-6-5-3-1/h2-3,5-6,8-10,12-36,51-52H,1,4,7,11H2;1-8H;1-6H. The normalized spacial score (nSPS) is 12.3. The van der Waals surface area contributed by atoms with Gasteiger partial charge in [-0.2, -0.15) is 0 Å². The number of benzene rings is 10. The Morgan fingerprint density at radius 2 is 0.729 bits per heavy atom. The molecule has 2 aliphatic carbocycles. The summed E-state index contributed by atoms with van der Waals surface area (Å²) in [6.07, 6.45) is 15.5. The molecule has 0 bridgehead atoms. The molecule has 70 heavy (non-hydrogen) atoms. The Hall–Kier alpha value is -8.86. The van der Waals surface area contributed by atoms with Crippen LogP contribution in [0.15, 0.2) is 279 Å². The molecule has 0 radical (unpaired) electrons. The van der Waals surface area contributed by atoms with Crippen molar-refractivity contribution in [2.24, 2.45) is 0 Å². The lowest BCUT2D eigenvalue weighted by molar-refractivity contribution is 0.986. The van der Waals surface area contributed by atoms with Crippen LogP contribution in [0, 0.1) is 0 Å². The van der Waals surface area contributed by atoms with Crippen molar-refractivity contribution in [2.75, 3.05) is 20.4 Å². The van der Waals surface area contributed by atoms with E-state index in [1.807, 2.05) is 36.4 Å². The maximum absolute atomic E-state index is 3.63. The molecule has 0 atom stereocenters. The van der Waals surface area contributed by atoms with Gasteiger partial charge in [-0.05, 0) is 174 Å². The second kappa shape index (κ2) is 22.3. The van der Waals surface area contributed by atoms with Crippen molar-refractivity contribution >= 4 is 78.8 Å². The Morgan fingerprint density at radius 3 is 1.29 bits per heavy atom. The first-order chi connectivity index (χ1) is 34.7. The number of rotatable bonds is 10. The minimum atomic E-state index is 1.05. The van der Waals surface area contributed by atoms with E-state index < -0.39 is 0 Å². The molecule has 12 rings (SSSR count). The van der Waals surface area contributed by atoms with Gasteiger partial charge in [-0.1, -0.05) is 164 Å². The van der Waals surface area contributed by atoms with Crippen molar-refractivity contribution < 1.29 is 0 Å². The lowest BCUT2D eigenvalue weighted by Gasteiger charge is -2.28. The molecular formula is C66H56N4. The summed E-state index contributed by atoms with van der Waals surface area (Å²) in [5, 5.41) is 12.3. The first-order valence-electron chi connectivity index (χ1n) is 24.3. The van der Waals surface area contributed by atoms with Gasteiger partial charge in [0.05, 0.1) is 0 Å². The summed E-state index contributed by atoms with van der Waals surface area (Å²) in [7, 11) is 0. The van der Waals surface area contributed by atoms with Crippen LogP contribution < -0.4 is 20.4 Å². The van der Waals surface area contributed by atoms with Gasteiger partial charge < -0.3 is 20.4 Å². The second-order valence-electron chi connectivity index (χ2n) is 17.4. The number of allylic oxidation sites excluding steroid dienone is 4. The molecule has 0 heterocycles. The lowest BCUT2D eigenvalue weighted by Crippen LogP contribution is -2.12. The van der Waals surface area contributed by atoms with E-state index in [9.17, 15) is 0 Å². The fraction of sp³-hybridized carbons (Fsp3) is 0.0606. The summed E-state index contributed by atoms with van der Waals surface area (Å²) in [5.41, 5.74) is 13.6. The number of aryl methyl sites for hydroxylation is 1. The zero-order valence-electron chi connectivity index (χ0n) is 39.3. The Bertz CT molecular complexity index is 3260. The Labute approximate surface area is 412 Å². The van der Waals surface area contributed by atoms with E-state index in [0.717, 1.165) is 82.6 Å². The number of hydrogen-bond acceptors (Lipinski definition) is 4. The van der Waals surface area contributed by atoms with Crippen LogP contribution in [0.1, 0.15) is 30.4 Å². The number of para-hydroxylation sites is 1. The number of anilines is 9. The molecule has 10 aromatic carbocycles. The van der Waals surface area contributed by atoms with Gasteiger partial charge >= 0.3 is 0 Å². The minimum absolute atomic E-state index is 1.05. The van der Waals surface area contributed by atoms with E-state index >= 15 is 0 Å². The Morgan fingerprint density at radius 1 is 0.300 bits per heavy atom. The molecule has 0 amide bonds. The molecule has 0 aromatic heterocycles. The molecular weight excluding hydrogens is 849 g/mol. The summed E-state index contributed by atoms with van der Waals surface area (Å²) in [6.45, 7) is 0. The molecule has 4 nitrogen and oxygen atoms in total. The van der Waals surface area contributed by atoms with E-state index in [1.54, 1.807) is 0 Å². The molecule has 0 spiro atoms. The van der Waals surface area contributed by atoms with Crippen LogP contribution in [0.5, 0.6) is 0 Å². The Balaban J connectivity index is 0.000000298. The van der Waals surface area contributed by atoms with Gasteiger partial charge in [0.2, 0.25) is 0 Å². The van der Waals surface area contributed by atoms with Crippen molar-refractivity contribution in [2.45, 2.75) is 25.7 Å². The van der Waals surface area contributed by atoms with Crippen LogP contribution in [0.25, 0.3) is 27.6 Å². The lowest BCUT2D eigenvalue weighted by atomic mass is 9.97. The van der Waals surface area contributed by atoms with Crippen molar-refractivity contribution in [3.05, 3.63) is 290 Å². The Kier molecular flexibility index (Phi) is 14.3. The average Bonchev–Trinajstić information content (AvgIpc) is 3.44. The third-order valence-corrected chi connectivity index (χ3v) is 12.5. The van der Waals surface area contributed by atoms with Crippen LogP contribution in [0.4, 0.5) is 51.2 Å². The van der Waals surface area contributed by atoms with Gasteiger partial charge in [0.25, 0.3) is 0 Å². The van der Waals surface area contributed by atoms with Crippen LogP contribution in [0.3, 0.4) is 0 Å². The molecule has 2 N–H and O–H groups in total. The van der Waals surface area contributed by atoms with E-state index in [-0.39, 0.29) is 0 Å². The largest absolute Gasteiger partial charge is 0.356 e. The fourth-order valence-corrected chi connectivity index (χ4v) is 8.99. The van der Waals surface area contributed by atoms with Crippen LogP contribution in [-0.2, 0) is 6.42 Å². The maximum atomic E-state index is 3.63. The van der Waals surface area contributed by atoms with Crippen molar-refractivity contribution in [1.82, 2.24) is 0 Å². The first-order valence-corrected chi connectivity index (χ1v) is 24.3. The number of fused-ring (bicyclic) bond motifs is 3. The molecule has 0 saturated carbocycles. The molecule has 4 heteroatoms. The van der Waals surface area contributed by atoms with Crippen LogP contribution >= 0.6 is 0 Å². The highest BCUT2D eigenvalue weighted by molar-refractivity contribution is 5.90. The highest BCUT2D eigenvalue weighted by atomic mass is 15.2. The zero-order valence-corrected chi connectivity index (χ0v) is 39.3. The smallest absolute Gasteiger partial charge is 0.0468 e. The van der Waals surface area contributed by atoms with Gasteiger partial charge in [0.15, 0.2) is 0 Å². The van der Waals surface area contributed by atoms with Gasteiger partial charge in [-0.3, -0.25) is 0 Å². The van der Waals surface area contributed by atoms with E-state index in [4.69, 9.17) is 0 Å². The quantitative estimate of drug-likeness (QED) is 0.143. The van der Waals surface area contributed by atoms with Crippen LogP contribution in [-0.4, -0.2) is 0 Å². The topological polar surface area (TPSA) is 30.5 Å². The molecule has 0 fully saturated rings. The molecule has 10 aromatic rings. The zero-order chi connectivity index (χ0) is 47.2. The van der Waals surface area contributed by atoms with E-state index in [1.165, 1.54) is 32.7 Å². The second-order valence-corrected chi connectivity index (χ2v) is 17.4. The number of hydrogen-bond donors (Lipinski definition) is 2. The fourth-order valence-electron chi connectivity index (χ4n) is 8.99. The van der Waals surface area contributed by atoms with E-state index in [2.05, 4.69) is 263 Å². The molecule has 340 valence electrons. The SMILES string of the molecule is C1=CC(Nc2ccc(N(c3ccc(Nc4ccc5c(c4)C=CCC5)cc3)c3ccc(N(c4ccccc4)c4ccc5ccccc5c4)cc3)cc2)=CCC1.c1ccc2ccccc2c1.c1ccccc1. The summed E-state index contributed by atoms with van der Waals surface area (Å²) in [4.78, 5) is 4.65. The van der Waals surface area contributed by atoms with Crippen molar-refractivity contribution in [1.29, 1.82) is 0 Å². The average molecular weight is 905 g/mol. The van der Waals surface area contributed by atoms with Gasteiger partial charge in [-0.25, -0.2) is 0 Å². The summed E-state index contributed by atoms with van der Waals surface area (Å²) < 4.78 is 0. The maximum Gasteiger partial charge on any atom is 0.0468 e. The van der Waals surface area contributed by atoms with Gasteiger partial charge in [-0.15, -0.1) is 0 Å².